The summed E-state index contributed by atoms with van der Waals surface area (Å²) in [5.74, 6) is 1.83. The van der Waals surface area contributed by atoms with Crippen molar-refractivity contribution in [3.63, 3.8) is 0 Å². The van der Waals surface area contributed by atoms with Crippen molar-refractivity contribution in [1.82, 2.24) is 10.6 Å². The topological polar surface area (TPSA) is 36.4 Å². The summed E-state index contributed by atoms with van der Waals surface area (Å²) in [6.45, 7) is 4.30. The monoisotopic (exact) mass is 195 g/mol. The van der Waals surface area contributed by atoms with Crippen molar-refractivity contribution >= 4 is 5.96 Å². The summed E-state index contributed by atoms with van der Waals surface area (Å²) >= 11 is 0. The Morgan fingerprint density at radius 3 is 2.93 bits per heavy atom. The molecular weight excluding hydrogens is 174 g/mol. The van der Waals surface area contributed by atoms with Crippen molar-refractivity contribution < 1.29 is 0 Å². The van der Waals surface area contributed by atoms with Gasteiger partial charge in [0.05, 0.1) is 6.54 Å². The molecule has 0 bridgehead atoms. The zero-order chi connectivity index (χ0) is 9.80. The van der Waals surface area contributed by atoms with E-state index in [1.807, 2.05) is 0 Å². The molecule has 0 aromatic rings. The summed E-state index contributed by atoms with van der Waals surface area (Å²) in [6, 6.07) is 0.641. The molecule has 3 heteroatoms. The molecule has 14 heavy (non-hydrogen) atoms. The molecule has 0 saturated heterocycles. The highest BCUT2D eigenvalue weighted by Gasteiger charge is 2.21. The van der Waals surface area contributed by atoms with E-state index in [9.17, 15) is 0 Å². The van der Waals surface area contributed by atoms with E-state index in [-0.39, 0.29) is 0 Å². The van der Waals surface area contributed by atoms with Crippen molar-refractivity contribution in [2.24, 2.45) is 10.9 Å². The van der Waals surface area contributed by atoms with Gasteiger partial charge in [0, 0.05) is 12.6 Å². The van der Waals surface area contributed by atoms with Crippen LogP contribution in [0.25, 0.3) is 0 Å². The molecule has 2 atom stereocenters. The van der Waals surface area contributed by atoms with Crippen LogP contribution in [0, 0.1) is 5.92 Å². The zero-order valence-corrected chi connectivity index (χ0v) is 9.05. The first-order valence-corrected chi connectivity index (χ1v) is 5.91. The molecule has 1 aliphatic heterocycles. The van der Waals surface area contributed by atoms with Gasteiger partial charge in [-0.15, -0.1) is 0 Å². The highest BCUT2D eigenvalue weighted by molar-refractivity contribution is 5.81. The number of hydrogen-bond donors (Lipinski definition) is 2. The lowest BCUT2D eigenvalue weighted by Gasteiger charge is -2.23. The fourth-order valence-electron chi connectivity index (χ4n) is 2.38. The maximum atomic E-state index is 4.39. The Labute approximate surface area is 86.4 Å². The largest absolute Gasteiger partial charge is 0.355 e. The molecule has 2 aliphatic rings. The van der Waals surface area contributed by atoms with Crippen LogP contribution in [0.4, 0.5) is 0 Å². The Bertz CT molecular complexity index is 213. The van der Waals surface area contributed by atoms with Crippen LogP contribution in [-0.4, -0.2) is 25.1 Å². The van der Waals surface area contributed by atoms with Crippen molar-refractivity contribution in [2.75, 3.05) is 13.1 Å². The van der Waals surface area contributed by atoms with Crippen molar-refractivity contribution in [3.05, 3.63) is 0 Å². The third-order valence-electron chi connectivity index (χ3n) is 3.36. The number of nitrogens with zero attached hydrogens (tertiary/aromatic N) is 1. The Kier molecular flexibility index (Phi) is 3.27. The van der Waals surface area contributed by atoms with E-state index in [0.717, 1.165) is 25.0 Å². The lowest BCUT2D eigenvalue weighted by molar-refractivity contribution is 0.398. The quantitative estimate of drug-likeness (QED) is 0.622. The van der Waals surface area contributed by atoms with E-state index in [0.29, 0.717) is 6.04 Å². The maximum Gasteiger partial charge on any atom is 0.191 e. The summed E-state index contributed by atoms with van der Waals surface area (Å²) < 4.78 is 0. The molecule has 1 aliphatic carbocycles. The van der Waals surface area contributed by atoms with E-state index in [1.54, 1.807) is 0 Å². The van der Waals surface area contributed by atoms with Crippen molar-refractivity contribution in [3.8, 4) is 0 Å². The second-order valence-corrected chi connectivity index (χ2v) is 4.52. The van der Waals surface area contributed by atoms with Gasteiger partial charge in [-0.1, -0.05) is 26.2 Å². The molecule has 0 radical (unpaired) electrons. The predicted octanol–water partition coefficient (Wildman–Crippen LogP) is 1.50. The van der Waals surface area contributed by atoms with E-state index in [4.69, 9.17) is 0 Å². The third-order valence-corrected chi connectivity index (χ3v) is 3.36. The fourth-order valence-corrected chi connectivity index (χ4v) is 2.38. The highest BCUT2D eigenvalue weighted by Crippen LogP contribution is 2.22. The van der Waals surface area contributed by atoms with E-state index in [1.165, 1.54) is 32.1 Å². The van der Waals surface area contributed by atoms with Crippen LogP contribution >= 0.6 is 0 Å². The summed E-state index contributed by atoms with van der Waals surface area (Å²) in [5, 5.41) is 6.83. The van der Waals surface area contributed by atoms with Crippen LogP contribution in [0.2, 0.25) is 0 Å². The molecule has 1 fully saturated rings. The normalized spacial score (nSPS) is 33.1. The molecule has 2 rings (SSSR count). The van der Waals surface area contributed by atoms with Gasteiger partial charge in [-0.3, -0.25) is 4.99 Å². The number of hydrogen-bond acceptors (Lipinski definition) is 3. The maximum absolute atomic E-state index is 4.39. The number of nitrogens with one attached hydrogen (secondary N) is 2. The van der Waals surface area contributed by atoms with Gasteiger partial charge < -0.3 is 10.6 Å². The van der Waals surface area contributed by atoms with Gasteiger partial charge in [0.15, 0.2) is 5.96 Å². The average molecular weight is 195 g/mol. The van der Waals surface area contributed by atoms with Gasteiger partial charge >= 0.3 is 0 Å². The van der Waals surface area contributed by atoms with Crippen LogP contribution in [-0.2, 0) is 0 Å². The lowest BCUT2D eigenvalue weighted by atomic mass is 9.97. The van der Waals surface area contributed by atoms with Crippen molar-refractivity contribution in [1.29, 1.82) is 0 Å². The Hall–Kier alpha value is -0.730. The summed E-state index contributed by atoms with van der Waals surface area (Å²) in [6.07, 6.45) is 6.85. The third kappa shape index (κ3) is 2.40. The number of rotatable bonds is 1. The highest BCUT2D eigenvalue weighted by atomic mass is 15.2. The SMILES string of the molecule is CC1CCCCCC1NC1=NCCN1. The van der Waals surface area contributed by atoms with Gasteiger partial charge in [-0.2, -0.15) is 0 Å². The first-order chi connectivity index (χ1) is 6.86. The number of aliphatic imine (C=N–C) groups is 1. The number of guanidine groups is 1. The lowest BCUT2D eigenvalue weighted by Crippen LogP contribution is -2.43. The van der Waals surface area contributed by atoms with Crippen LogP contribution in [0.1, 0.15) is 39.0 Å². The van der Waals surface area contributed by atoms with E-state index >= 15 is 0 Å². The molecule has 3 nitrogen and oxygen atoms in total. The van der Waals surface area contributed by atoms with Gasteiger partial charge in [0.1, 0.15) is 0 Å². The Morgan fingerprint density at radius 1 is 1.29 bits per heavy atom. The standard InChI is InChI=1S/C11H21N3/c1-9-5-3-2-4-6-10(9)14-11-12-7-8-13-11/h9-10H,2-8H2,1H3,(H2,12,13,14). The van der Waals surface area contributed by atoms with E-state index < -0.39 is 0 Å². The minimum atomic E-state index is 0.641. The van der Waals surface area contributed by atoms with Crippen LogP contribution in [0.5, 0.6) is 0 Å². The molecule has 0 amide bonds. The van der Waals surface area contributed by atoms with Crippen molar-refractivity contribution in [2.45, 2.75) is 45.1 Å². The first-order valence-electron chi connectivity index (χ1n) is 5.91. The van der Waals surface area contributed by atoms with Gasteiger partial charge in [-0.05, 0) is 18.8 Å². The Morgan fingerprint density at radius 2 is 2.14 bits per heavy atom. The molecule has 1 heterocycles. The van der Waals surface area contributed by atoms with Gasteiger partial charge in [0.25, 0.3) is 0 Å². The first kappa shape index (κ1) is 9.81. The molecule has 80 valence electrons. The Balaban J connectivity index is 1.87. The van der Waals surface area contributed by atoms with E-state index in [2.05, 4.69) is 22.5 Å². The summed E-state index contributed by atoms with van der Waals surface area (Å²) in [7, 11) is 0. The van der Waals surface area contributed by atoms with Crippen LogP contribution in [0.15, 0.2) is 4.99 Å². The molecule has 0 spiro atoms. The predicted molar refractivity (Wildman–Crippen MR) is 59.5 cm³/mol. The second kappa shape index (κ2) is 4.67. The van der Waals surface area contributed by atoms with Gasteiger partial charge in [-0.25, -0.2) is 0 Å². The molecule has 0 aromatic carbocycles. The molecule has 2 unspecified atom stereocenters. The average Bonchev–Trinajstić information content (AvgIpc) is 2.60. The second-order valence-electron chi connectivity index (χ2n) is 4.52. The minimum Gasteiger partial charge on any atom is -0.355 e. The fraction of sp³-hybridized carbons (Fsp3) is 0.909. The van der Waals surface area contributed by atoms with Crippen LogP contribution < -0.4 is 10.6 Å². The zero-order valence-electron chi connectivity index (χ0n) is 9.05. The summed E-state index contributed by atoms with van der Waals surface area (Å²) in [4.78, 5) is 4.39. The molecule has 0 aromatic heterocycles. The summed E-state index contributed by atoms with van der Waals surface area (Å²) in [5.41, 5.74) is 0. The molecular formula is C11H21N3. The molecule has 2 N–H and O–H groups in total. The minimum absolute atomic E-state index is 0.641. The van der Waals surface area contributed by atoms with Gasteiger partial charge in [0.2, 0.25) is 0 Å². The smallest absolute Gasteiger partial charge is 0.191 e. The van der Waals surface area contributed by atoms with Crippen LogP contribution in [0.3, 0.4) is 0 Å². The molecule has 1 saturated carbocycles.